The second kappa shape index (κ2) is 4.94. The molecule has 0 amide bonds. The SMILES string of the molecule is Oc1cc2c(c(-c3ccccc3)c1O)CCNCC2. The van der Waals surface area contributed by atoms with Crippen molar-refractivity contribution < 1.29 is 10.2 Å². The zero-order valence-corrected chi connectivity index (χ0v) is 10.7. The molecular weight excluding hydrogens is 238 g/mol. The first-order valence-electron chi connectivity index (χ1n) is 6.60. The van der Waals surface area contributed by atoms with Crippen molar-refractivity contribution in [2.24, 2.45) is 0 Å². The van der Waals surface area contributed by atoms with E-state index in [1.165, 1.54) is 0 Å². The van der Waals surface area contributed by atoms with Gasteiger partial charge in [-0.3, -0.25) is 0 Å². The molecule has 3 N–H and O–H groups in total. The molecule has 1 aliphatic rings. The van der Waals surface area contributed by atoms with Crippen LogP contribution in [0.3, 0.4) is 0 Å². The average Bonchev–Trinajstić information content (AvgIpc) is 2.66. The van der Waals surface area contributed by atoms with Gasteiger partial charge in [-0.15, -0.1) is 0 Å². The maximum Gasteiger partial charge on any atom is 0.165 e. The number of benzene rings is 2. The second-order valence-corrected chi connectivity index (χ2v) is 4.87. The fourth-order valence-corrected chi connectivity index (χ4v) is 2.74. The highest BCUT2D eigenvalue weighted by Crippen LogP contribution is 2.41. The van der Waals surface area contributed by atoms with Crippen molar-refractivity contribution >= 4 is 0 Å². The van der Waals surface area contributed by atoms with Crippen molar-refractivity contribution in [1.29, 1.82) is 0 Å². The average molecular weight is 255 g/mol. The van der Waals surface area contributed by atoms with Crippen molar-refractivity contribution in [2.45, 2.75) is 12.8 Å². The summed E-state index contributed by atoms with van der Waals surface area (Å²) in [6.45, 7) is 1.81. The van der Waals surface area contributed by atoms with Crippen LogP contribution in [-0.4, -0.2) is 23.3 Å². The van der Waals surface area contributed by atoms with Crippen LogP contribution in [0.25, 0.3) is 11.1 Å². The summed E-state index contributed by atoms with van der Waals surface area (Å²) in [5.74, 6) is -0.0358. The van der Waals surface area contributed by atoms with Crippen LogP contribution in [0, 0.1) is 0 Å². The van der Waals surface area contributed by atoms with Crippen molar-refractivity contribution in [3.8, 4) is 22.6 Å². The van der Waals surface area contributed by atoms with Crippen LogP contribution in [0.15, 0.2) is 36.4 Å². The summed E-state index contributed by atoms with van der Waals surface area (Å²) >= 11 is 0. The van der Waals surface area contributed by atoms with E-state index in [4.69, 9.17) is 0 Å². The van der Waals surface area contributed by atoms with E-state index in [2.05, 4.69) is 5.32 Å². The molecular formula is C16H17NO2. The summed E-state index contributed by atoms with van der Waals surface area (Å²) in [5.41, 5.74) is 4.00. The maximum atomic E-state index is 10.2. The van der Waals surface area contributed by atoms with E-state index in [1.54, 1.807) is 6.07 Å². The standard InChI is InChI=1S/C16H17NO2/c18-14-10-12-6-8-17-9-7-13(12)15(16(14)19)11-4-2-1-3-5-11/h1-5,10,17-19H,6-9H2. The molecule has 2 aromatic rings. The Kier molecular flexibility index (Phi) is 3.13. The summed E-state index contributed by atoms with van der Waals surface area (Å²) in [7, 11) is 0. The first-order chi connectivity index (χ1) is 9.27. The van der Waals surface area contributed by atoms with E-state index in [0.29, 0.717) is 0 Å². The molecule has 0 aliphatic carbocycles. The summed E-state index contributed by atoms with van der Waals surface area (Å²) in [6, 6.07) is 11.5. The fourth-order valence-electron chi connectivity index (χ4n) is 2.74. The number of fused-ring (bicyclic) bond motifs is 1. The smallest absolute Gasteiger partial charge is 0.165 e. The Balaban J connectivity index is 2.25. The third kappa shape index (κ3) is 2.17. The first kappa shape index (κ1) is 12.1. The first-order valence-corrected chi connectivity index (χ1v) is 6.60. The summed E-state index contributed by atoms with van der Waals surface area (Å²) in [5, 5.41) is 23.5. The van der Waals surface area contributed by atoms with Crippen LogP contribution >= 0.6 is 0 Å². The molecule has 98 valence electrons. The van der Waals surface area contributed by atoms with Gasteiger partial charge in [0.25, 0.3) is 0 Å². The quantitative estimate of drug-likeness (QED) is 0.686. The topological polar surface area (TPSA) is 52.5 Å². The molecule has 0 bridgehead atoms. The lowest BCUT2D eigenvalue weighted by Gasteiger charge is -2.15. The van der Waals surface area contributed by atoms with Gasteiger partial charge in [0.05, 0.1) is 0 Å². The minimum atomic E-state index is -0.0282. The lowest BCUT2D eigenvalue weighted by atomic mass is 9.91. The van der Waals surface area contributed by atoms with Gasteiger partial charge in [-0.05, 0) is 48.7 Å². The van der Waals surface area contributed by atoms with Gasteiger partial charge >= 0.3 is 0 Å². The highest BCUT2D eigenvalue weighted by Gasteiger charge is 2.19. The van der Waals surface area contributed by atoms with Gasteiger partial charge in [-0.1, -0.05) is 30.3 Å². The molecule has 3 nitrogen and oxygen atoms in total. The highest BCUT2D eigenvalue weighted by atomic mass is 16.3. The summed E-state index contributed by atoms with van der Waals surface area (Å²) in [4.78, 5) is 0. The van der Waals surface area contributed by atoms with Crippen molar-refractivity contribution in [2.75, 3.05) is 13.1 Å². The minimum absolute atomic E-state index is 0.00755. The van der Waals surface area contributed by atoms with Gasteiger partial charge < -0.3 is 15.5 Å². The monoisotopic (exact) mass is 255 g/mol. The van der Waals surface area contributed by atoms with Gasteiger partial charge in [0, 0.05) is 5.56 Å². The maximum absolute atomic E-state index is 10.2. The van der Waals surface area contributed by atoms with E-state index in [1.807, 2.05) is 30.3 Å². The van der Waals surface area contributed by atoms with Crippen molar-refractivity contribution in [3.63, 3.8) is 0 Å². The van der Waals surface area contributed by atoms with Crippen LogP contribution in [0.1, 0.15) is 11.1 Å². The predicted molar refractivity (Wildman–Crippen MR) is 75.5 cm³/mol. The molecule has 0 radical (unpaired) electrons. The van der Waals surface area contributed by atoms with Gasteiger partial charge in [0.15, 0.2) is 11.5 Å². The molecule has 2 aromatic carbocycles. The normalized spacial score (nSPS) is 14.7. The molecule has 0 aromatic heterocycles. The lowest BCUT2D eigenvalue weighted by Crippen LogP contribution is -2.16. The Hall–Kier alpha value is -2.00. The Labute approximate surface area is 112 Å². The molecule has 3 heteroatoms. The zero-order chi connectivity index (χ0) is 13.2. The lowest BCUT2D eigenvalue weighted by molar-refractivity contribution is 0.404. The van der Waals surface area contributed by atoms with Gasteiger partial charge in [-0.2, -0.15) is 0 Å². The van der Waals surface area contributed by atoms with Gasteiger partial charge in [-0.25, -0.2) is 0 Å². The third-order valence-corrected chi connectivity index (χ3v) is 3.67. The Bertz CT molecular complexity index is 593. The number of rotatable bonds is 1. The molecule has 0 saturated carbocycles. The number of phenolic OH excluding ortho intramolecular Hbond substituents is 2. The van der Waals surface area contributed by atoms with Crippen LogP contribution in [0.4, 0.5) is 0 Å². The van der Waals surface area contributed by atoms with E-state index < -0.39 is 0 Å². The largest absolute Gasteiger partial charge is 0.504 e. The third-order valence-electron chi connectivity index (χ3n) is 3.67. The van der Waals surface area contributed by atoms with E-state index >= 15 is 0 Å². The number of phenols is 2. The van der Waals surface area contributed by atoms with Gasteiger partial charge in [0.1, 0.15) is 0 Å². The van der Waals surface area contributed by atoms with E-state index in [0.717, 1.165) is 48.2 Å². The number of nitrogens with one attached hydrogen (secondary N) is 1. The van der Waals surface area contributed by atoms with Crippen LogP contribution in [0.5, 0.6) is 11.5 Å². The summed E-state index contributed by atoms with van der Waals surface area (Å²) < 4.78 is 0. The summed E-state index contributed by atoms with van der Waals surface area (Å²) in [6.07, 6.45) is 1.75. The Morgan fingerprint density at radius 2 is 1.68 bits per heavy atom. The molecule has 0 fully saturated rings. The highest BCUT2D eigenvalue weighted by molar-refractivity contribution is 5.78. The Morgan fingerprint density at radius 1 is 0.947 bits per heavy atom. The molecule has 0 unspecified atom stereocenters. The van der Waals surface area contributed by atoms with Crippen molar-refractivity contribution in [3.05, 3.63) is 47.5 Å². The molecule has 0 atom stereocenters. The molecule has 0 spiro atoms. The van der Waals surface area contributed by atoms with E-state index in [9.17, 15) is 10.2 Å². The van der Waals surface area contributed by atoms with Crippen LogP contribution in [-0.2, 0) is 12.8 Å². The second-order valence-electron chi connectivity index (χ2n) is 4.87. The molecule has 1 aliphatic heterocycles. The number of aromatic hydroxyl groups is 2. The predicted octanol–water partition coefficient (Wildman–Crippen LogP) is 2.45. The zero-order valence-electron chi connectivity index (χ0n) is 10.7. The number of hydrogen-bond acceptors (Lipinski definition) is 3. The van der Waals surface area contributed by atoms with Crippen molar-refractivity contribution in [1.82, 2.24) is 5.32 Å². The van der Waals surface area contributed by atoms with Crippen LogP contribution < -0.4 is 5.32 Å². The molecule has 0 saturated heterocycles. The molecule has 1 heterocycles. The molecule has 19 heavy (non-hydrogen) atoms. The number of hydrogen-bond donors (Lipinski definition) is 3. The van der Waals surface area contributed by atoms with Crippen LogP contribution in [0.2, 0.25) is 0 Å². The minimum Gasteiger partial charge on any atom is -0.504 e. The Morgan fingerprint density at radius 3 is 2.47 bits per heavy atom. The fraction of sp³-hybridized carbons (Fsp3) is 0.250. The van der Waals surface area contributed by atoms with E-state index in [-0.39, 0.29) is 11.5 Å². The molecule has 3 rings (SSSR count). The van der Waals surface area contributed by atoms with Gasteiger partial charge in [0.2, 0.25) is 0 Å².